The van der Waals surface area contributed by atoms with Crippen molar-refractivity contribution in [2.45, 2.75) is 25.3 Å². The number of anilines is 1. The third-order valence-electron chi connectivity index (χ3n) is 4.95. The molecule has 25 heavy (non-hydrogen) atoms. The van der Waals surface area contributed by atoms with Crippen LogP contribution >= 0.6 is 0 Å². The number of benzene rings is 2. The molecule has 1 aromatic heterocycles. The lowest BCUT2D eigenvalue weighted by Gasteiger charge is -2.21. The van der Waals surface area contributed by atoms with Gasteiger partial charge in [0.25, 0.3) is 0 Å². The summed E-state index contributed by atoms with van der Waals surface area (Å²) < 4.78 is 5.79. The van der Waals surface area contributed by atoms with Gasteiger partial charge in [-0.15, -0.1) is 0 Å². The van der Waals surface area contributed by atoms with E-state index in [4.69, 9.17) is 10.2 Å². The molecule has 0 unspecified atom stereocenters. The van der Waals surface area contributed by atoms with Gasteiger partial charge in [-0.2, -0.15) is 0 Å². The van der Waals surface area contributed by atoms with Crippen LogP contribution < -0.4 is 10.6 Å². The minimum Gasteiger partial charge on any atom is -0.436 e. The molecule has 0 saturated heterocycles. The van der Waals surface area contributed by atoms with Crippen LogP contribution in [-0.4, -0.2) is 24.0 Å². The molecule has 128 valence electrons. The molecular weight excluding hydrogens is 314 g/mol. The van der Waals surface area contributed by atoms with Gasteiger partial charge >= 0.3 is 0 Å². The average molecular weight is 335 g/mol. The number of amides is 1. The van der Waals surface area contributed by atoms with Gasteiger partial charge in [-0.25, -0.2) is 4.98 Å². The zero-order valence-electron chi connectivity index (χ0n) is 14.2. The maximum atomic E-state index is 12.6. The van der Waals surface area contributed by atoms with E-state index in [1.54, 1.807) is 4.90 Å². The number of para-hydroxylation sites is 2. The Morgan fingerprint density at radius 3 is 2.60 bits per heavy atom. The molecule has 2 atom stereocenters. The fourth-order valence-electron chi connectivity index (χ4n) is 3.47. The van der Waals surface area contributed by atoms with Crippen LogP contribution in [0.4, 0.5) is 5.69 Å². The molecular formula is C20H21N3O2. The first-order valence-corrected chi connectivity index (χ1v) is 8.61. The number of carbonyl (C=O) groups excluding carboxylic acids is 1. The predicted octanol–water partition coefficient (Wildman–Crippen LogP) is 3.59. The second-order valence-electron chi connectivity index (χ2n) is 6.70. The van der Waals surface area contributed by atoms with Crippen molar-refractivity contribution in [1.82, 2.24) is 4.98 Å². The van der Waals surface area contributed by atoms with Gasteiger partial charge in [0, 0.05) is 30.3 Å². The van der Waals surface area contributed by atoms with E-state index in [2.05, 4.69) is 4.98 Å². The highest BCUT2D eigenvalue weighted by Gasteiger charge is 2.30. The van der Waals surface area contributed by atoms with Crippen molar-refractivity contribution >= 4 is 22.7 Å². The molecule has 0 spiro atoms. The number of nitrogens with two attached hydrogens (primary N) is 1. The van der Waals surface area contributed by atoms with Gasteiger partial charge in [0.15, 0.2) is 5.58 Å². The van der Waals surface area contributed by atoms with E-state index in [0.29, 0.717) is 5.89 Å². The van der Waals surface area contributed by atoms with Crippen LogP contribution in [0.15, 0.2) is 52.9 Å². The number of carbonyl (C=O) groups is 1. The Kier molecular flexibility index (Phi) is 4.01. The lowest BCUT2D eigenvalue weighted by atomic mass is 10.1. The van der Waals surface area contributed by atoms with Crippen LogP contribution in [0.2, 0.25) is 0 Å². The molecule has 0 radical (unpaired) electrons. The molecule has 0 bridgehead atoms. The Morgan fingerprint density at radius 1 is 1.16 bits per heavy atom. The van der Waals surface area contributed by atoms with Gasteiger partial charge in [0.1, 0.15) is 5.52 Å². The fourth-order valence-corrected chi connectivity index (χ4v) is 3.47. The number of aromatic nitrogens is 1. The van der Waals surface area contributed by atoms with Crippen molar-refractivity contribution in [3.05, 3.63) is 48.5 Å². The zero-order chi connectivity index (χ0) is 17.4. The molecule has 1 fully saturated rings. The molecule has 1 saturated carbocycles. The molecule has 2 aromatic carbocycles. The number of fused-ring (bicyclic) bond motifs is 1. The van der Waals surface area contributed by atoms with Crippen LogP contribution in [0.25, 0.3) is 22.6 Å². The number of nitrogens with zero attached hydrogens (tertiary/aromatic N) is 2. The lowest BCUT2D eigenvalue weighted by Crippen LogP contribution is -2.32. The Hall–Kier alpha value is -2.66. The van der Waals surface area contributed by atoms with Crippen LogP contribution in [0.1, 0.15) is 19.3 Å². The standard InChI is InChI=1S/C20H21N3O2/c1-23(20(24)14-6-9-15(21)12-14)16-10-7-13(8-11-16)19-22-17-4-2-3-5-18(17)25-19/h2-5,7-8,10-11,14-15H,6,9,12,21H2,1H3/t14-,15+/m1/s1. The van der Waals surface area contributed by atoms with E-state index in [0.717, 1.165) is 41.6 Å². The molecule has 4 rings (SSSR count). The first kappa shape index (κ1) is 15.8. The first-order chi connectivity index (χ1) is 12.1. The quantitative estimate of drug-likeness (QED) is 0.794. The Morgan fingerprint density at radius 2 is 1.92 bits per heavy atom. The third kappa shape index (κ3) is 3.03. The maximum Gasteiger partial charge on any atom is 0.229 e. The normalized spacial score (nSPS) is 20.1. The predicted molar refractivity (Wildman–Crippen MR) is 98.2 cm³/mol. The van der Waals surface area contributed by atoms with Crippen LogP contribution in [0.5, 0.6) is 0 Å². The van der Waals surface area contributed by atoms with Crippen molar-refractivity contribution in [3.8, 4) is 11.5 Å². The molecule has 2 N–H and O–H groups in total. The highest BCUT2D eigenvalue weighted by Crippen LogP contribution is 2.29. The molecule has 1 aliphatic carbocycles. The third-order valence-corrected chi connectivity index (χ3v) is 4.95. The second kappa shape index (κ2) is 6.33. The Bertz CT molecular complexity index is 868. The SMILES string of the molecule is CN(C(=O)[C@@H]1CC[C@H](N)C1)c1ccc(-c2nc3ccccc3o2)cc1. The summed E-state index contributed by atoms with van der Waals surface area (Å²) in [6, 6.07) is 15.6. The summed E-state index contributed by atoms with van der Waals surface area (Å²) in [5.74, 6) is 0.766. The van der Waals surface area contributed by atoms with Gasteiger partial charge in [-0.3, -0.25) is 4.79 Å². The van der Waals surface area contributed by atoms with E-state index in [9.17, 15) is 4.79 Å². The summed E-state index contributed by atoms with van der Waals surface area (Å²) in [5.41, 5.74) is 9.30. The second-order valence-corrected chi connectivity index (χ2v) is 6.70. The number of hydrogen-bond acceptors (Lipinski definition) is 4. The molecule has 1 aliphatic rings. The molecule has 5 heteroatoms. The van der Waals surface area contributed by atoms with Gasteiger partial charge in [0.2, 0.25) is 11.8 Å². The van der Waals surface area contributed by atoms with Gasteiger partial charge in [-0.05, 0) is 55.7 Å². The molecule has 5 nitrogen and oxygen atoms in total. The Balaban J connectivity index is 1.54. The maximum absolute atomic E-state index is 12.6. The van der Waals surface area contributed by atoms with E-state index < -0.39 is 0 Å². The summed E-state index contributed by atoms with van der Waals surface area (Å²) >= 11 is 0. The van der Waals surface area contributed by atoms with E-state index in [-0.39, 0.29) is 17.9 Å². The smallest absolute Gasteiger partial charge is 0.229 e. The van der Waals surface area contributed by atoms with E-state index >= 15 is 0 Å². The van der Waals surface area contributed by atoms with Crippen LogP contribution in [0, 0.1) is 5.92 Å². The minimum absolute atomic E-state index is 0.0386. The average Bonchev–Trinajstić information content (AvgIpc) is 3.26. The summed E-state index contributed by atoms with van der Waals surface area (Å²) in [4.78, 5) is 18.8. The summed E-state index contributed by atoms with van der Waals surface area (Å²) in [6.45, 7) is 0. The van der Waals surface area contributed by atoms with Crippen molar-refractivity contribution in [1.29, 1.82) is 0 Å². The van der Waals surface area contributed by atoms with Crippen molar-refractivity contribution in [2.75, 3.05) is 11.9 Å². The van der Waals surface area contributed by atoms with Crippen molar-refractivity contribution in [3.63, 3.8) is 0 Å². The van der Waals surface area contributed by atoms with E-state index in [1.165, 1.54) is 0 Å². The lowest BCUT2D eigenvalue weighted by molar-refractivity contribution is -0.121. The number of oxazole rings is 1. The van der Waals surface area contributed by atoms with Crippen LogP contribution in [-0.2, 0) is 4.79 Å². The zero-order valence-corrected chi connectivity index (χ0v) is 14.2. The molecule has 1 heterocycles. The highest BCUT2D eigenvalue weighted by molar-refractivity contribution is 5.95. The van der Waals surface area contributed by atoms with Crippen molar-refractivity contribution in [2.24, 2.45) is 11.7 Å². The monoisotopic (exact) mass is 335 g/mol. The molecule has 1 amide bonds. The number of rotatable bonds is 3. The Labute approximate surface area is 146 Å². The van der Waals surface area contributed by atoms with Gasteiger partial charge in [-0.1, -0.05) is 12.1 Å². The van der Waals surface area contributed by atoms with E-state index in [1.807, 2.05) is 55.6 Å². The van der Waals surface area contributed by atoms with Gasteiger partial charge in [0.05, 0.1) is 0 Å². The molecule has 0 aliphatic heterocycles. The highest BCUT2D eigenvalue weighted by atomic mass is 16.3. The molecule has 3 aromatic rings. The first-order valence-electron chi connectivity index (χ1n) is 8.61. The number of hydrogen-bond donors (Lipinski definition) is 1. The van der Waals surface area contributed by atoms with Crippen molar-refractivity contribution < 1.29 is 9.21 Å². The summed E-state index contributed by atoms with van der Waals surface area (Å²) in [6.07, 6.45) is 2.59. The topological polar surface area (TPSA) is 72.4 Å². The summed E-state index contributed by atoms with van der Waals surface area (Å²) in [7, 11) is 1.82. The fraction of sp³-hybridized carbons (Fsp3) is 0.300. The van der Waals surface area contributed by atoms with Crippen LogP contribution in [0.3, 0.4) is 0 Å². The van der Waals surface area contributed by atoms with Gasteiger partial charge < -0.3 is 15.1 Å². The minimum atomic E-state index is 0.0386. The largest absolute Gasteiger partial charge is 0.436 e. The summed E-state index contributed by atoms with van der Waals surface area (Å²) in [5, 5.41) is 0.